The number of ketones is 1. The molecular formula is C15H18N2O2. The lowest BCUT2D eigenvalue weighted by atomic mass is 10.0. The number of nitrogens with one attached hydrogen (secondary N) is 1. The van der Waals surface area contributed by atoms with Crippen LogP contribution < -0.4 is 5.32 Å². The maximum absolute atomic E-state index is 12.1. The molecule has 100 valence electrons. The molecule has 4 heteroatoms. The summed E-state index contributed by atoms with van der Waals surface area (Å²) < 4.78 is 5.58. The van der Waals surface area contributed by atoms with Crippen LogP contribution in [0, 0.1) is 0 Å². The molecule has 2 aromatic rings. The lowest BCUT2D eigenvalue weighted by molar-refractivity contribution is -0.122. The minimum absolute atomic E-state index is 0.174. The van der Waals surface area contributed by atoms with Gasteiger partial charge < -0.3 is 9.73 Å². The SMILES string of the molecule is CC(=O)C(c1coc2ccccc12)N1CCNCC1. The third kappa shape index (κ3) is 2.29. The smallest absolute Gasteiger partial charge is 0.151 e. The summed E-state index contributed by atoms with van der Waals surface area (Å²) in [5.41, 5.74) is 1.84. The molecule has 1 fully saturated rings. The van der Waals surface area contributed by atoms with E-state index in [1.165, 1.54) is 0 Å². The molecule has 0 aliphatic carbocycles. The summed E-state index contributed by atoms with van der Waals surface area (Å²) in [7, 11) is 0. The molecule has 1 aromatic heterocycles. The van der Waals surface area contributed by atoms with Gasteiger partial charge in [0.05, 0.1) is 12.3 Å². The van der Waals surface area contributed by atoms with Crippen molar-refractivity contribution in [3.05, 3.63) is 36.1 Å². The summed E-state index contributed by atoms with van der Waals surface area (Å²) in [4.78, 5) is 14.3. The van der Waals surface area contributed by atoms with E-state index >= 15 is 0 Å². The maximum Gasteiger partial charge on any atom is 0.151 e. The number of carbonyl (C=O) groups is 1. The Labute approximate surface area is 112 Å². The summed E-state index contributed by atoms with van der Waals surface area (Å²) in [6.07, 6.45) is 1.73. The number of nitrogens with zero attached hydrogens (tertiary/aromatic N) is 1. The van der Waals surface area contributed by atoms with Crippen LogP contribution in [0.1, 0.15) is 18.5 Å². The highest BCUT2D eigenvalue weighted by atomic mass is 16.3. The Morgan fingerprint density at radius 3 is 2.79 bits per heavy atom. The zero-order valence-corrected chi connectivity index (χ0v) is 11.1. The molecule has 3 rings (SSSR count). The van der Waals surface area contributed by atoms with Gasteiger partial charge in [-0.1, -0.05) is 18.2 Å². The van der Waals surface area contributed by atoms with Gasteiger partial charge in [-0.15, -0.1) is 0 Å². The molecule has 1 saturated heterocycles. The lowest BCUT2D eigenvalue weighted by Crippen LogP contribution is -2.46. The van der Waals surface area contributed by atoms with Crippen molar-refractivity contribution in [3.8, 4) is 0 Å². The number of benzene rings is 1. The fraction of sp³-hybridized carbons (Fsp3) is 0.400. The number of para-hydroxylation sites is 1. The van der Waals surface area contributed by atoms with Crippen molar-refractivity contribution in [2.45, 2.75) is 13.0 Å². The fourth-order valence-corrected chi connectivity index (χ4v) is 2.82. The zero-order valence-electron chi connectivity index (χ0n) is 11.1. The number of hydrogen-bond acceptors (Lipinski definition) is 4. The molecule has 1 aliphatic rings. The molecule has 1 unspecified atom stereocenters. The van der Waals surface area contributed by atoms with E-state index in [2.05, 4.69) is 10.2 Å². The predicted octanol–water partition coefficient (Wildman–Crippen LogP) is 1.97. The average Bonchev–Trinajstić information content (AvgIpc) is 2.84. The van der Waals surface area contributed by atoms with Crippen LogP contribution >= 0.6 is 0 Å². The number of Topliss-reactive ketones (excluding diaryl/α,β-unsaturated/α-hetero) is 1. The van der Waals surface area contributed by atoms with Gasteiger partial charge in [-0.3, -0.25) is 9.69 Å². The quantitative estimate of drug-likeness (QED) is 0.914. The molecule has 1 atom stereocenters. The standard InChI is InChI=1S/C15H18N2O2/c1-11(18)15(17-8-6-16-7-9-17)13-10-19-14-5-3-2-4-12(13)14/h2-5,10,15-16H,6-9H2,1H3. The molecule has 0 amide bonds. The Morgan fingerprint density at radius 2 is 2.05 bits per heavy atom. The number of piperazine rings is 1. The highest BCUT2D eigenvalue weighted by Gasteiger charge is 2.28. The van der Waals surface area contributed by atoms with Gasteiger partial charge in [-0.2, -0.15) is 0 Å². The van der Waals surface area contributed by atoms with Crippen LogP contribution in [0.2, 0.25) is 0 Å². The van der Waals surface area contributed by atoms with E-state index in [9.17, 15) is 4.79 Å². The molecule has 2 heterocycles. The third-order valence-corrected chi connectivity index (χ3v) is 3.71. The Morgan fingerprint density at radius 1 is 1.32 bits per heavy atom. The molecule has 1 N–H and O–H groups in total. The normalized spacial score (nSPS) is 18.6. The van der Waals surface area contributed by atoms with Crippen molar-refractivity contribution in [1.29, 1.82) is 0 Å². The lowest BCUT2D eigenvalue weighted by Gasteiger charge is -2.33. The summed E-state index contributed by atoms with van der Waals surface area (Å²) in [6, 6.07) is 7.70. The molecule has 0 saturated carbocycles. The van der Waals surface area contributed by atoms with Gasteiger partial charge in [0.1, 0.15) is 5.58 Å². The van der Waals surface area contributed by atoms with Gasteiger partial charge in [0, 0.05) is 37.1 Å². The average molecular weight is 258 g/mol. The predicted molar refractivity (Wildman–Crippen MR) is 74.1 cm³/mol. The van der Waals surface area contributed by atoms with E-state index in [4.69, 9.17) is 4.42 Å². The van der Waals surface area contributed by atoms with Gasteiger partial charge in [0.25, 0.3) is 0 Å². The fourth-order valence-electron chi connectivity index (χ4n) is 2.82. The highest BCUT2D eigenvalue weighted by molar-refractivity contribution is 5.90. The van der Waals surface area contributed by atoms with Crippen molar-refractivity contribution in [1.82, 2.24) is 10.2 Å². The molecule has 4 nitrogen and oxygen atoms in total. The number of rotatable bonds is 3. The van der Waals surface area contributed by atoms with E-state index in [-0.39, 0.29) is 11.8 Å². The first kappa shape index (κ1) is 12.4. The van der Waals surface area contributed by atoms with E-state index in [0.29, 0.717) is 0 Å². The summed E-state index contributed by atoms with van der Waals surface area (Å²) in [6.45, 7) is 5.31. The maximum atomic E-state index is 12.1. The largest absolute Gasteiger partial charge is 0.464 e. The number of fused-ring (bicyclic) bond motifs is 1. The zero-order chi connectivity index (χ0) is 13.2. The van der Waals surface area contributed by atoms with Crippen LogP contribution in [-0.4, -0.2) is 36.9 Å². The monoisotopic (exact) mass is 258 g/mol. The first-order chi connectivity index (χ1) is 9.27. The van der Waals surface area contributed by atoms with Gasteiger partial charge in [-0.25, -0.2) is 0 Å². The van der Waals surface area contributed by atoms with E-state index in [0.717, 1.165) is 42.7 Å². The van der Waals surface area contributed by atoms with Crippen LogP contribution in [0.3, 0.4) is 0 Å². The second kappa shape index (κ2) is 5.15. The van der Waals surface area contributed by atoms with E-state index in [1.54, 1.807) is 13.2 Å². The summed E-state index contributed by atoms with van der Waals surface area (Å²) >= 11 is 0. The third-order valence-electron chi connectivity index (χ3n) is 3.71. The van der Waals surface area contributed by atoms with Crippen LogP contribution in [0.15, 0.2) is 34.9 Å². The number of carbonyl (C=O) groups excluding carboxylic acids is 1. The van der Waals surface area contributed by atoms with E-state index in [1.807, 2.05) is 24.3 Å². The molecule has 1 aromatic carbocycles. The molecule has 19 heavy (non-hydrogen) atoms. The van der Waals surface area contributed by atoms with Gasteiger partial charge in [-0.05, 0) is 13.0 Å². The van der Waals surface area contributed by atoms with Crippen molar-refractivity contribution in [3.63, 3.8) is 0 Å². The molecule has 0 spiro atoms. The second-order valence-corrected chi connectivity index (χ2v) is 4.99. The Kier molecular flexibility index (Phi) is 3.36. The molecular weight excluding hydrogens is 240 g/mol. The molecule has 0 bridgehead atoms. The minimum atomic E-state index is -0.189. The van der Waals surface area contributed by atoms with Crippen molar-refractivity contribution in [2.75, 3.05) is 26.2 Å². The molecule has 1 aliphatic heterocycles. The van der Waals surface area contributed by atoms with Crippen LogP contribution in [0.4, 0.5) is 0 Å². The summed E-state index contributed by atoms with van der Waals surface area (Å²) in [5.74, 6) is 0.174. The summed E-state index contributed by atoms with van der Waals surface area (Å²) in [5, 5.41) is 4.36. The van der Waals surface area contributed by atoms with Gasteiger partial charge >= 0.3 is 0 Å². The van der Waals surface area contributed by atoms with Gasteiger partial charge in [0.2, 0.25) is 0 Å². The Bertz CT molecular complexity index is 585. The first-order valence-electron chi connectivity index (χ1n) is 6.69. The van der Waals surface area contributed by atoms with Crippen molar-refractivity contribution < 1.29 is 9.21 Å². The Hall–Kier alpha value is -1.65. The van der Waals surface area contributed by atoms with Gasteiger partial charge in [0.15, 0.2) is 5.78 Å². The van der Waals surface area contributed by atoms with Crippen LogP contribution in [0.5, 0.6) is 0 Å². The minimum Gasteiger partial charge on any atom is -0.464 e. The van der Waals surface area contributed by atoms with Crippen molar-refractivity contribution >= 4 is 16.8 Å². The van der Waals surface area contributed by atoms with Crippen molar-refractivity contribution in [2.24, 2.45) is 0 Å². The van der Waals surface area contributed by atoms with E-state index < -0.39 is 0 Å². The second-order valence-electron chi connectivity index (χ2n) is 4.99. The number of hydrogen-bond donors (Lipinski definition) is 1. The molecule has 0 radical (unpaired) electrons. The Balaban J connectivity index is 2.01. The first-order valence-corrected chi connectivity index (χ1v) is 6.69. The highest BCUT2D eigenvalue weighted by Crippen LogP contribution is 2.30. The number of furan rings is 1. The van der Waals surface area contributed by atoms with Crippen LogP contribution in [-0.2, 0) is 4.79 Å². The topological polar surface area (TPSA) is 45.5 Å². The van der Waals surface area contributed by atoms with Crippen LogP contribution in [0.25, 0.3) is 11.0 Å².